The van der Waals surface area contributed by atoms with Gasteiger partial charge in [-0.05, 0) is 54.8 Å². The molecule has 25 heavy (non-hydrogen) atoms. The predicted molar refractivity (Wildman–Crippen MR) is 97.6 cm³/mol. The number of hydrogen-bond donors (Lipinski definition) is 3. The van der Waals surface area contributed by atoms with E-state index in [0.29, 0.717) is 5.69 Å². The average Bonchev–Trinajstić information content (AvgIpc) is 2.58. The van der Waals surface area contributed by atoms with Crippen LogP contribution in [0.25, 0.3) is 0 Å². The zero-order chi connectivity index (χ0) is 18.2. The van der Waals surface area contributed by atoms with Gasteiger partial charge in [0.15, 0.2) is 0 Å². The summed E-state index contributed by atoms with van der Waals surface area (Å²) in [6.07, 6.45) is 1.62. The number of carbonyl (C=O) groups is 2. The number of anilines is 1. The molecule has 0 spiro atoms. The number of para-hydroxylation sites is 1. The van der Waals surface area contributed by atoms with E-state index in [1.807, 2.05) is 18.2 Å². The maximum atomic E-state index is 11.8. The standard InChI is InChI=1S/C19H21N3O3/c1-13-10-15(11-14(2)19(13)25)12-20-22-18(24)9-8-17(23)21-16-6-4-3-5-7-16/h3-7,10-12,25H,8-9H2,1-2H3,(H,21,23)(H,22,24). The predicted octanol–water partition coefficient (Wildman–Crippen LogP) is 2.88. The number of hydrazone groups is 1. The van der Waals surface area contributed by atoms with Crippen molar-refractivity contribution in [3.63, 3.8) is 0 Å². The number of aryl methyl sites for hydroxylation is 2. The van der Waals surface area contributed by atoms with Gasteiger partial charge in [0, 0.05) is 18.5 Å². The van der Waals surface area contributed by atoms with Gasteiger partial charge in [0.05, 0.1) is 6.21 Å². The largest absolute Gasteiger partial charge is 0.507 e. The van der Waals surface area contributed by atoms with E-state index in [2.05, 4.69) is 15.8 Å². The smallest absolute Gasteiger partial charge is 0.240 e. The minimum atomic E-state index is -0.341. The van der Waals surface area contributed by atoms with Crippen molar-refractivity contribution in [1.29, 1.82) is 0 Å². The Morgan fingerprint density at radius 2 is 1.64 bits per heavy atom. The Hall–Kier alpha value is -3.15. The van der Waals surface area contributed by atoms with E-state index in [1.54, 1.807) is 38.1 Å². The Bertz CT molecular complexity index is 763. The molecule has 3 N–H and O–H groups in total. The molecule has 130 valence electrons. The number of nitrogens with zero attached hydrogens (tertiary/aromatic N) is 1. The Morgan fingerprint density at radius 3 is 2.28 bits per heavy atom. The summed E-state index contributed by atoms with van der Waals surface area (Å²) in [6.45, 7) is 3.59. The second-order valence-corrected chi connectivity index (χ2v) is 5.71. The van der Waals surface area contributed by atoms with E-state index in [0.717, 1.165) is 16.7 Å². The quantitative estimate of drug-likeness (QED) is 0.558. The molecule has 0 heterocycles. The molecule has 2 aromatic carbocycles. The van der Waals surface area contributed by atoms with Crippen LogP contribution in [0.15, 0.2) is 47.6 Å². The van der Waals surface area contributed by atoms with Crippen LogP contribution in [0.5, 0.6) is 5.75 Å². The molecule has 0 atom stereocenters. The summed E-state index contributed by atoms with van der Waals surface area (Å²) < 4.78 is 0. The van der Waals surface area contributed by atoms with Crippen LogP contribution in [0, 0.1) is 13.8 Å². The van der Waals surface area contributed by atoms with Gasteiger partial charge in [-0.2, -0.15) is 5.10 Å². The third-order valence-electron chi connectivity index (χ3n) is 3.55. The van der Waals surface area contributed by atoms with Crippen molar-refractivity contribution >= 4 is 23.7 Å². The van der Waals surface area contributed by atoms with Gasteiger partial charge in [0.25, 0.3) is 0 Å². The molecule has 0 aromatic heterocycles. The van der Waals surface area contributed by atoms with E-state index in [9.17, 15) is 14.7 Å². The zero-order valence-electron chi connectivity index (χ0n) is 14.2. The molecule has 2 rings (SSSR count). The molecule has 0 bridgehead atoms. The van der Waals surface area contributed by atoms with Crippen molar-refractivity contribution < 1.29 is 14.7 Å². The molecular weight excluding hydrogens is 318 g/mol. The number of phenolic OH excluding ortho intramolecular Hbond substituents is 1. The van der Waals surface area contributed by atoms with Crippen LogP contribution in [0.4, 0.5) is 5.69 Å². The lowest BCUT2D eigenvalue weighted by Crippen LogP contribution is -2.20. The van der Waals surface area contributed by atoms with Gasteiger partial charge in [0.2, 0.25) is 11.8 Å². The number of amides is 2. The molecule has 0 saturated carbocycles. The number of benzene rings is 2. The van der Waals surface area contributed by atoms with Crippen LogP contribution in [0.2, 0.25) is 0 Å². The van der Waals surface area contributed by atoms with Crippen molar-refractivity contribution in [2.45, 2.75) is 26.7 Å². The van der Waals surface area contributed by atoms with E-state index in [4.69, 9.17) is 0 Å². The highest BCUT2D eigenvalue weighted by Gasteiger charge is 2.06. The summed E-state index contributed by atoms with van der Waals surface area (Å²) >= 11 is 0. The summed E-state index contributed by atoms with van der Waals surface area (Å²) in [7, 11) is 0. The van der Waals surface area contributed by atoms with Crippen molar-refractivity contribution in [1.82, 2.24) is 5.43 Å². The molecule has 0 fully saturated rings. The first-order valence-electron chi connectivity index (χ1n) is 7.92. The minimum Gasteiger partial charge on any atom is -0.507 e. The molecule has 2 amide bonds. The Morgan fingerprint density at radius 1 is 1.04 bits per heavy atom. The number of phenols is 1. The third-order valence-corrected chi connectivity index (χ3v) is 3.55. The molecule has 0 aliphatic rings. The average molecular weight is 339 g/mol. The molecule has 0 saturated heterocycles. The lowest BCUT2D eigenvalue weighted by Gasteiger charge is -2.05. The number of carbonyl (C=O) groups excluding carboxylic acids is 2. The maximum absolute atomic E-state index is 11.8. The zero-order valence-corrected chi connectivity index (χ0v) is 14.2. The van der Waals surface area contributed by atoms with Gasteiger partial charge in [0.1, 0.15) is 5.75 Å². The van der Waals surface area contributed by atoms with E-state index < -0.39 is 0 Å². The first-order chi connectivity index (χ1) is 12.0. The van der Waals surface area contributed by atoms with Crippen LogP contribution < -0.4 is 10.7 Å². The number of nitrogens with one attached hydrogen (secondary N) is 2. The van der Waals surface area contributed by atoms with E-state index in [1.165, 1.54) is 6.21 Å². The fourth-order valence-corrected chi connectivity index (χ4v) is 2.27. The highest BCUT2D eigenvalue weighted by atomic mass is 16.3. The second-order valence-electron chi connectivity index (χ2n) is 5.71. The second kappa shape index (κ2) is 8.63. The molecule has 6 nitrogen and oxygen atoms in total. The van der Waals surface area contributed by atoms with E-state index >= 15 is 0 Å². The van der Waals surface area contributed by atoms with Gasteiger partial charge < -0.3 is 10.4 Å². The van der Waals surface area contributed by atoms with Crippen LogP contribution in [-0.4, -0.2) is 23.1 Å². The molecule has 0 radical (unpaired) electrons. The Balaban J connectivity index is 1.78. The highest BCUT2D eigenvalue weighted by Crippen LogP contribution is 2.21. The SMILES string of the molecule is Cc1cc(C=NNC(=O)CCC(=O)Nc2ccccc2)cc(C)c1O. The van der Waals surface area contributed by atoms with Crippen molar-refractivity contribution in [2.24, 2.45) is 5.10 Å². The summed E-state index contributed by atoms with van der Waals surface area (Å²) in [4.78, 5) is 23.5. The molecular formula is C19H21N3O3. The molecule has 0 unspecified atom stereocenters. The van der Waals surface area contributed by atoms with Crippen LogP contribution >= 0.6 is 0 Å². The summed E-state index contributed by atoms with van der Waals surface area (Å²) in [5.41, 5.74) is 5.35. The van der Waals surface area contributed by atoms with Gasteiger partial charge in [-0.15, -0.1) is 0 Å². The lowest BCUT2D eigenvalue weighted by atomic mass is 10.1. The summed E-state index contributed by atoms with van der Waals surface area (Å²) in [5, 5.41) is 16.3. The van der Waals surface area contributed by atoms with Gasteiger partial charge in [-0.3, -0.25) is 9.59 Å². The van der Waals surface area contributed by atoms with Crippen molar-refractivity contribution in [3.8, 4) is 5.75 Å². The summed E-state index contributed by atoms with van der Waals surface area (Å²) in [5.74, 6) is -0.313. The first-order valence-corrected chi connectivity index (χ1v) is 7.92. The fourth-order valence-electron chi connectivity index (χ4n) is 2.27. The number of rotatable bonds is 6. The topological polar surface area (TPSA) is 90.8 Å². The molecule has 2 aromatic rings. The minimum absolute atomic E-state index is 0.0453. The molecule has 6 heteroatoms. The highest BCUT2D eigenvalue weighted by molar-refractivity contribution is 5.93. The van der Waals surface area contributed by atoms with Crippen molar-refractivity contribution in [2.75, 3.05) is 5.32 Å². The molecule has 0 aliphatic heterocycles. The van der Waals surface area contributed by atoms with Crippen LogP contribution in [0.1, 0.15) is 29.5 Å². The van der Waals surface area contributed by atoms with Gasteiger partial charge >= 0.3 is 0 Å². The first kappa shape index (κ1) is 18.2. The third kappa shape index (κ3) is 5.76. The van der Waals surface area contributed by atoms with Crippen LogP contribution in [0.3, 0.4) is 0 Å². The Kier molecular flexibility index (Phi) is 6.28. The van der Waals surface area contributed by atoms with Crippen LogP contribution in [-0.2, 0) is 9.59 Å². The van der Waals surface area contributed by atoms with Gasteiger partial charge in [-0.25, -0.2) is 5.43 Å². The Labute approximate surface area is 146 Å². The number of hydrogen-bond acceptors (Lipinski definition) is 4. The van der Waals surface area contributed by atoms with E-state index in [-0.39, 0.29) is 30.4 Å². The fraction of sp³-hybridized carbons (Fsp3) is 0.211. The van der Waals surface area contributed by atoms with Gasteiger partial charge in [-0.1, -0.05) is 18.2 Å². The van der Waals surface area contributed by atoms with Crippen molar-refractivity contribution in [3.05, 3.63) is 59.2 Å². The summed E-state index contributed by atoms with van der Waals surface area (Å²) in [6, 6.07) is 12.6. The lowest BCUT2D eigenvalue weighted by molar-refractivity contribution is -0.124. The molecule has 0 aliphatic carbocycles. The monoisotopic (exact) mass is 339 g/mol. The normalized spacial score (nSPS) is 10.6. The maximum Gasteiger partial charge on any atom is 0.240 e. The number of aromatic hydroxyl groups is 1.